The molecule has 1 atom stereocenters. The molecule has 2 rings (SSSR count). The molecule has 0 bridgehead atoms. The normalized spacial score (nSPS) is 20.1. The van der Waals surface area contributed by atoms with Gasteiger partial charge in [0.05, 0.1) is 6.20 Å². The van der Waals surface area contributed by atoms with E-state index in [1.165, 1.54) is 25.1 Å². The van der Waals surface area contributed by atoms with Gasteiger partial charge in [0.15, 0.2) is 0 Å². The second-order valence-corrected chi connectivity index (χ2v) is 5.71. The van der Waals surface area contributed by atoms with Crippen molar-refractivity contribution in [3.05, 3.63) is 29.8 Å². The molecule has 0 aromatic carbocycles. The molecule has 0 saturated heterocycles. The summed E-state index contributed by atoms with van der Waals surface area (Å²) in [5.74, 6) is -0.966. The van der Waals surface area contributed by atoms with Gasteiger partial charge in [0.25, 0.3) is 0 Å². The predicted molar refractivity (Wildman–Crippen MR) is 75.4 cm³/mol. The Balaban J connectivity index is 2.22. The van der Waals surface area contributed by atoms with Crippen molar-refractivity contribution in [3.63, 3.8) is 0 Å². The minimum absolute atomic E-state index is 0.235. The standard InChI is InChI=1S/C15H22FN3O/c1-15(14(17)20,11-8-12(16)10-18-9-11)19-13-6-4-2-3-5-7-13/h8-10,13,19H,2-7H2,1H3,(H2,17,20). The number of carbonyl (C=O) groups is 1. The first-order valence-corrected chi connectivity index (χ1v) is 7.21. The SMILES string of the molecule is CC(NC1CCCCCC1)(C(N)=O)c1cncc(F)c1. The maximum Gasteiger partial charge on any atom is 0.242 e. The maximum atomic E-state index is 13.4. The predicted octanol–water partition coefficient (Wildman–Crippen LogP) is 2.23. The zero-order valence-corrected chi connectivity index (χ0v) is 11.9. The number of pyridine rings is 1. The topological polar surface area (TPSA) is 68.0 Å². The van der Waals surface area contributed by atoms with Crippen LogP contribution in [-0.2, 0) is 10.3 Å². The highest BCUT2D eigenvalue weighted by atomic mass is 19.1. The molecular formula is C15H22FN3O. The van der Waals surface area contributed by atoms with Crippen LogP contribution in [0.25, 0.3) is 0 Å². The Morgan fingerprint density at radius 3 is 2.55 bits per heavy atom. The van der Waals surface area contributed by atoms with Gasteiger partial charge in [0.1, 0.15) is 11.4 Å². The van der Waals surface area contributed by atoms with Crippen LogP contribution in [-0.4, -0.2) is 16.9 Å². The number of hydrogen-bond donors (Lipinski definition) is 2. The van der Waals surface area contributed by atoms with E-state index in [0.29, 0.717) is 5.56 Å². The summed E-state index contributed by atoms with van der Waals surface area (Å²) in [5.41, 5.74) is 4.96. The van der Waals surface area contributed by atoms with Gasteiger partial charge in [-0.25, -0.2) is 4.39 Å². The number of primary amides is 1. The number of hydrogen-bond acceptors (Lipinski definition) is 3. The molecule has 1 saturated carbocycles. The van der Waals surface area contributed by atoms with Crippen molar-refractivity contribution in [2.75, 3.05) is 0 Å². The molecule has 3 N–H and O–H groups in total. The lowest BCUT2D eigenvalue weighted by Crippen LogP contribution is -2.54. The molecule has 0 aliphatic heterocycles. The Kier molecular flexibility index (Phi) is 4.70. The average molecular weight is 279 g/mol. The van der Waals surface area contributed by atoms with Crippen molar-refractivity contribution in [2.24, 2.45) is 5.73 Å². The van der Waals surface area contributed by atoms with E-state index < -0.39 is 17.3 Å². The largest absolute Gasteiger partial charge is 0.368 e. The lowest BCUT2D eigenvalue weighted by molar-refractivity contribution is -0.124. The van der Waals surface area contributed by atoms with Gasteiger partial charge in [-0.3, -0.25) is 15.1 Å². The monoisotopic (exact) mass is 279 g/mol. The molecule has 1 unspecified atom stereocenters. The summed E-state index contributed by atoms with van der Waals surface area (Å²) < 4.78 is 13.4. The van der Waals surface area contributed by atoms with E-state index >= 15 is 0 Å². The Hall–Kier alpha value is -1.49. The van der Waals surface area contributed by atoms with Gasteiger partial charge >= 0.3 is 0 Å². The number of carbonyl (C=O) groups excluding carboxylic acids is 1. The summed E-state index contributed by atoms with van der Waals surface area (Å²) in [6.07, 6.45) is 9.41. The molecule has 1 aliphatic carbocycles. The van der Waals surface area contributed by atoms with Crippen LogP contribution in [0, 0.1) is 5.82 Å². The van der Waals surface area contributed by atoms with Crippen LogP contribution >= 0.6 is 0 Å². The van der Waals surface area contributed by atoms with Crippen LogP contribution < -0.4 is 11.1 Å². The fourth-order valence-electron chi connectivity index (χ4n) is 2.81. The quantitative estimate of drug-likeness (QED) is 0.830. The molecule has 20 heavy (non-hydrogen) atoms. The van der Waals surface area contributed by atoms with E-state index in [-0.39, 0.29) is 6.04 Å². The van der Waals surface area contributed by atoms with Gasteiger partial charge in [-0.1, -0.05) is 25.7 Å². The highest BCUT2D eigenvalue weighted by Gasteiger charge is 2.36. The summed E-state index contributed by atoms with van der Waals surface area (Å²) in [6, 6.07) is 1.56. The molecule has 1 fully saturated rings. The molecular weight excluding hydrogens is 257 g/mol. The summed E-state index contributed by atoms with van der Waals surface area (Å²) in [6.45, 7) is 1.71. The smallest absolute Gasteiger partial charge is 0.242 e. The number of rotatable bonds is 4. The van der Waals surface area contributed by atoms with Crippen LogP contribution in [0.4, 0.5) is 4.39 Å². The van der Waals surface area contributed by atoms with Crippen molar-refractivity contribution in [1.29, 1.82) is 0 Å². The Labute approximate surface area is 119 Å². The molecule has 1 amide bonds. The van der Waals surface area contributed by atoms with Crippen LogP contribution in [0.5, 0.6) is 0 Å². The van der Waals surface area contributed by atoms with Gasteiger partial charge in [-0.15, -0.1) is 0 Å². The number of nitrogens with zero attached hydrogens (tertiary/aromatic N) is 1. The van der Waals surface area contributed by atoms with Crippen LogP contribution in [0.15, 0.2) is 18.5 Å². The number of nitrogens with two attached hydrogens (primary N) is 1. The third kappa shape index (κ3) is 3.33. The molecule has 110 valence electrons. The number of nitrogens with one attached hydrogen (secondary N) is 1. The zero-order valence-electron chi connectivity index (χ0n) is 11.9. The van der Waals surface area contributed by atoms with Gasteiger partial charge in [0, 0.05) is 17.8 Å². The molecule has 5 heteroatoms. The molecule has 1 aliphatic rings. The summed E-state index contributed by atoms with van der Waals surface area (Å²) in [7, 11) is 0. The molecule has 0 spiro atoms. The first-order chi connectivity index (χ1) is 9.52. The van der Waals surface area contributed by atoms with Gasteiger partial charge < -0.3 is 5.73 Å². The first-order valence-electron chi connectivity index (χ1n) is 7.21. The minimum Gasteiger partial charge on any atom is -0.368 e. The van der Waals surface area contributed by atoms with E-state index in [4.69, 9.17) is 5.73 Å². The van der Waals surface area contributed by atoms with E-state index in [0.717, 1.165) is 31.9 Å². The van der Waals surface area contributed by atoms with Crippen molar-refractivity contribution < 1.29 is 9.18 Å². The number of amides is 1. The lowest BCUT2D eigenvalue weighted by Gasteiger charge is -2.32. The Morgan fingerprint density at radius 1 is 1.35 bits per heavy atom. The fourth-order valence-corrected chi connectivity index (χ4v) is 2.81. The molecule has 4 nitrogen and oxygen atoms in total. The van der Waals surface area contributed by atoms with Gasteiger partial charge in [-0.05, 0) is 25.8 Å². The average Bonchev–Trinajstić information content (AvgIpc) is 2.67. The fraction of sp³-hybridized carbons (Fsp3) is 0.600. The van der Waals surface area contributed by atoms with E-state index in [9.17, 15) is 9.18 Å². The van der Waals surface area contributed by atoms with Gasteiger partial charge in [0.2, 0.25) is 5.91 Å². The third-order valence-corrected chi connectivity index (χ3v) is 4.12. The van der Waals surface area contributed by atoms with E-state index in [1.54, 1.807) is 6.92 Å². The second kappa shape index (κ2) is 6.31. The van der Waals surface area contributed by atoms with Crippen molar-refractivity contribution in [1.82, 2.24) is 10.3 Å². The summed E-state index contributed by atoms with van der Waals surface area (Å²) in [5, 5.41) is 3.33. The first kappa shape index (κ1) is 14.9. The lowest BCUT2D eigenvalue weighted by atomic mass is 9.90. The van der Waals surface area contributed by atoms with Gasteiger partial charge in [-0.2, -0.15) is 0 Å². The Bertz CT molecular complexity index is 472. The Morgan fingerprint density at radius 2 is 2.00 bits per heavy atom. The van der Waals surface area contributed by atoms with Crippen molar-refractivity contribution >= 4 is 5.91 Å². The van der Waals surface area contributed by atoms with Crippen LogP contribution in [0.3, 0.4) is 0 Å². The van der Waals surface area contributed by atoms with Crippen LogP contribution in [0.1, 0.15) is 51.0 Å². The van der Waals surface area contributed by atoms with Crippen molar-refractivity contribution in [2.45, 2.75) is 57.0 Å². The summed E-state index contributed by atoms with van der Waals surface area (Å²) in [4.78, 5) is 15.7. The number of halogens is 1. The highest BCUT2D eigenvalue weighted by Crippen LogP contribution is 2.25. The zero-order chi connectivity index (χ0) is 14.6. The van der Waals surface area contributed by atoms with E-state index in [1.807, 2.05) is 0 Å². The number of aromatic nitrogens is 1. The third-order valence-electron chi connectivity index (χ3n) is 4.12. The summed E-state index contributed by atoms with van der Waals surface area (Å²) >= 11 is 0. The molecule has 1 aromatic heterocycles. The maximum absolute atomic E-state index is 13.4. The van der Waals surface area contributed by atoms with Crippen LogP contribution in [0.2, 0.25) is 0 Å². The molecule has 1 aromatic rings. The molecule has 1 heterocycles. The van der Waals surface area contributed by atoms with E-state index in [2.05, 4.69) is 10.3 Å². The molecule has 0 radical (unpaired) electrons. The van der Waals surface area contributed by atoms with Crippen molar-refractivity contribution in [3.8, 4) is 0 Å². The minimum atomic E-state index is -1.08. The highest BCUT2D eigenvalue weighted by molar-refractivity contribution is 5.85. The second-order valence-electron chi connectivity index (χ2n) is 5.71.